The van der Waals surface area contributed by atoms with Gasteiger partial charge in [0.2, 0.25) is 5.88 Å². The zero-order valence-electron chi connectivity index (χ0n) is 11.7. The first-order valence-corrected chi connectivity index (χ1v) is 7.01. The van der Waals surface area contributed by atoms with Crippen molar-refractivity contribution in [3.63, 3.8) is 0 Å². The van der Waals surface area contributed by atoms with Gasteiger partial charge in [-0.15, -0.1) is 0 Å². The lowest BCUT2D eigenvalue weighted by Crippen LogP contribution is -1.96. The second-order valence-corrected chi connectivity index (χ2v) is 5.02. The van der Waals surface area contributed by atoms with Crippen molar-refractivity contribution in [1.82, 2.24) is 14.4 Å². The zero-order chi connectivity index (χ0) is 14.9. The Kier molecular flexibility index (Phi) is 2.86. The Morgan fingerprint density at radius 1 is 0.818 bits per heavy atom. The smallest absolute Gasteiger partial charge is 0.216 e. The van der Waals surface area contributed by atoms with Crippen molar-refractivity contribution in [2.24, 2.45) is 0 Å². The predicted molar refractivity (Wildman–Crippen MR) is 85.5 cm³/mol. The summed E-state index contributed by atoms with van der Waals surface area (Å²) in [5.74, 6) is 0.103. The number of hydrogen-bond donors (Lipinski definition) is 1. The number of hydrogen-bond acceptors (Lipinski definition) is 3. The topological polar surface area (TPSA) is 50.4 Å². The van der Waals surface area contributed by atoms with E-state index >= 15 is 0 Å². The van der Waals surface area contributed by atoms with Gasteiger partial charge in [0.15, 0.2) is 5.65 Å². The van der Waals surface area contributed by atoms with Crippen molar-refractivity contribution >= 4 is 5.65 Å². The molecule has 106 valence electrons. The molecule has 4 rings (SSSR count). The molecule has 2 aromatic heterocycles. The van der Waals surface area contributed by atoms with Gasteiger partial charge in [0, 0.05) is 17.3 Å². The van der Waals surface area contributed by atoms with E-state index in [0.717, 1.165) is 22.5 Å². The molecular formula is C18H13N3O. The fourth-order valence-corrected chi connectivity index (χ4v) is 2.51. The average molecular weight is 287 g/mol. The molecule has 0 bridgehead atoms. The predicted octanol–water partition coefficient (Wildman–Crippen LogP) is 3.77. The first-order chi connectivity index (χ1) is 10.8. The molecule has 0 aliphatic heterocycles. The molecule has 0 radical (unpaired) electrons. The van der Waals surface area contributed by atoms with Gasteiger partial charge in [0.25, 0.3) is 0 Å². The first kappa shape index (κ1) is 12.6. The maximum absolute atomic E-state index is 10.0. The summed E-state index contributed by atoms with van der Waals surface area (Å²) in [4.78, 5) is 9.04. The summed E-state index contributed by atoms with van der Waals surface area (Å²) in [5.41, 5.74) is 4.15. The van der Waals surface area contributed by atoms with Crippen LogP contribution >= 0.6 is 0 Å². The number of aromatic nitrogens is 3. The quantitative estimate of drug-likeness (QED) is 0.610. The van der Waals surface area contributed by atoms with E-state index < -0.39 is 0 Å². The molecule has 2 heterocycles. The van der Waals surface area contributed by atoms with Crippen LogP contribution in [0.3, 0.4) is 0 Å². The van der Waals surface area contributed by atoms with Crippen molar-refractivity contribution < 1.29 is 5.11 Å². The zero-order valence-corrected chi connectivity index (χ0v) is 11.7. The van der Waals surface area contributed by atoms with Gasteiger partial charge in [-0.05, 0) is 0 Å². The minimum Gasteiger partial charge on any atom is -0.493 e. The fraction of sp³-hybridized carbons (Fsp3) is 0. The summed E-state index contributed by atoms with van der Waals surface area (Å²) >= 11 is 0. The number of fused-ring (bicyclic) bond motifs is 1. The average Bonchev–Trinajstić information content (AvgIpc) is 2.97. The van der Waals surface area contributed by atoms with Crippen molar-refractivity contribution in [3.8, 4) is 28.4 Å². The van der Waals surface area contributed by atoms with Crippen molar-refractivity contribution in [3.05, 3.63) is 73.1 Å². The molecule has 0 unspecified atom stereocenters. The number of nitrogens with zero attached hydrogens (tertiary/aromatic N) is 3. The highest BCUT2D eigenvalue weighted by Gasteiger charge is 2.13. The standard InChI is InChI=1S/C18H13N3O/c22-16-11-19-18-17(14-9-5-2-6-10-14)20-15(12-21(16)18)13-7-3-1-4-8-13/h1-12,22H. The fourth-order valence-electron chi connectivity index (χ4n) is 2.51. The maximum atomic E-state index is 10.0. The maximum Gasteiger partial charge on any atom is 0.216 e. The largest absolute Gasteiger partial charge is 0.493 e. The van der Waals surface area contributed by atoms with Gasteiger partial charge in [-0.1, -0.05) is 60.7 Å². The molecule has 4 heteroatoms. The lowest BCUT2D eigenvalue weighted by molar-refractivity contribution is 0.448. The van der Waals surface area contributed by atoms with Crippen LogP contribution < -0.4 is 0 Å². The molecule has 2 aromatic carbocycles. The Morgan fingerprint density at radius 2 is 1.45 bits per heavy atom. The van der Waals surface area contributed by atoms with Gasteiger partial charge in [-0.3, -0.25) is 4.40 Å². The first-order valence-electron chi connectivity index (χ1n) is 7.01. The highest BCUT2D eigenvalue weighted by atomic mass is 16.3. The number of aromatic hydroxyl groups is 1. The van der Waals surface area contributed by atoms with Crippen LogP contribution in [0.25, 0.3) is 28.2 Å². The summed E-state index contributed by atoms with van der Waals surface area (Å²) in [6.07, 6.45) is 3.25. The molecule has 0 aliphatic carbocycles. The van der Waals surface area contributed by atoms with E-state index in [1.807, 2.05) is 60.7 Å². The van der Waals surface area contributed by atoms with Crippen molar-refractivity contribution in [2.45, 2.75) is 0 Å². The highest BCUT2D eigenvalue weighted by molar-refractivity contribution is 5.77. The van der Waals surface area contributed by atoms with Crippen molar-refractivity contribution in [1.29, 1.82) is 0 Å². The highest BCUT2D eigenvalue weighted by Crippen LogP contribution is 2.28. The molecule has 0 atom stereocenters. The van der Waals surface area contributed by atoms with Crippen LogP contribution in [-0.4, -0.2) is 19.5 Å². The number of imidazole rings is 1. The third-order valence-electron chi connectivity index (χ3n) is 3.59. The van der Waals surface area contributed by atoms with Gasteiger partial charge < -0.3 is 5.11 Å². The SMILES string of the molecule is Oc1cnc2c(-c3ccccc3)nc(-c3ccccc3)cn12. The Morgan fingerprint density at radius 3 is 2.14 bits per heavy atom. The Balaban J connectivity index is 2.03. The van der Waals surface area contributed by atoms with Crippen LogP contribution in [0.15, 0.2) is 73.1 Å². The van der Waals surface area contributed by atoms with E-state index in [4.69, 9.17) is 4.98 Å². The second kappa shape index (κ2) is 5.00. The molecular weight excluding hydrogens is 274 g/mol. The van der Waals surface area contributed by atoms with E-state index in [1.165, 1.54) is 6.20 Å². The third-order valence-corrected chi connectivity index (χ3v) is 3.59. The van der Waals surface area contributed by atoms with Crippen LogP contribution in [0.5, 0.6) is 5.88 Å². The molecule has 1 N–H and O–H groups in total. The van der Waals surface area contributed by atoms with Crippen LogP contribution in [0.2, 0.25) is 0 Å². The van der Waals surface area contributed by atoms with Crippen molar-refractivity contribution in [2.75, 3.05) is 0 Å². The van der Waals surface area contributed by atoms with Crippen LogP contribution in [0, 0.1) is 0 Å². The molecule has 0 aliphatic rings. The van der Waals surface area contributed by atoms with E-state index in [0.29, 0.717) is 5.65 Å². The summed E-state index contributed by atoms with van der Waals surface area (Å²) in [5, 5.41) is 10.0. The van der Waals surface area contributed by atoms with Gasteiger partial charge in [0.1, 0.15) is 5.69 Å². The molecule has 0 amide bonds. The molecule has 4 aromatic rings. The van der Waals surface area contributed by atoms with E-state index in [2.05, 4.69) is 4.98 Å². The molecule has 0 saturated heterocycles. The molecule has 0 spiro atoms. The van der Waals surface area contributed by atoms with Crippen LogP contribution in [0.4, 0.5) is 0 Å². The number of benzene rings is 2. The molecule has 22 heavy (non-hydrogen) atoms. The van der Waals surface area contributed by atoms with Gasteiger partial charge in [0.05, 0.1) is 11.9 Å². The van der Waals surface area contributed by atoms with Gasteiger partial charge >= 0.3 is 0 Å². The lowest BCUT2D eigenvalue weighted by atomic mass is 10.1. The summed E-state index contributed by atoms with van der Waals surface area (Å²) in [7, 11) is 0. The Labute approximate surface area is 127 Å². The van der Waals surface area contributed by atoms with E-state index in [1.54, 1.807) is 10.6 Å². The van der Waals surface area contributed by atoms with Crippen LogP contribution in [-0.2, 0) is 0 Å². The normalized spacial score (nSPS) is 10.9. The third kappa shape index (κ3) is 2.02. The van der Waals surface area contributed by atoms with E-state index in [9.17, 15) is 5.11 Å². The molecule has 0 saturated carbocycles. The van der Waals surface area contributed by atoms with Gasteiger partial charge in [-0.2, -0.15) is 0 Å². The minimum absolute atomic E-state index is 0.103. The number of rotatable bonds is 2. The monoisotopic (exact) mass is 287 g/mol. The summed E-state index contributed by atoms with van der Waals surface area (Å²) < 4.78 is 1.66. The Hall–Kier alpha value is -3.14. The van der Waals surface area contributed by atoms with Gasteiger partial charge in [-0.25, -0.2) is 9.97 Å². The minimum atomic E-state index is 0.103. The Bertz CT molecular complexity index is 931. The lowest BCUT2D eigenvalue weighted by Gasteiger charge is -2.08. The molecule has 4 nitrogen and oxygen atoms in total. The second-order valence-electron chi connectivity index (χ2n) is 5.02. The summed E-state index contributed by atoms with van der Waals surface area (Å²) in [6, 6.07) is 19.8. The van der Waals surface area contributed by atoms with Crippen LogP contribution in [0.1, 0.15) is 0 Å². The molecule has 0 fully saturated rings. The van der Waals surface area contributed by atoms with E-state index in [-0.39, 0.29) is 5.88 Å². The summed E-state index contributed by atoms with van der Waals surface area (Å²) in [6.45, 7) is 0.